The Morgan fingerprint density at radius 3 is 2.13 bits per heavy atom. The highest BCUT2D eigenvalue weighted by atomic mass is 32.2. The van der Waals surface area contributed by atoms with E-state index in [2.05, 4.69) is 15.4 Å². The summed E-state index contributed by atoms with van der Waals surface area (Å²) in [6, 6.07) is 9.79. The molecule has 2 aromatic carbocycles. The van der Waals surface area contributed by atoms with Crippen molar-refractivity contribution < 1.29 is 23.0 Å². The summed E-state index contributed by atoms with van der Waals surface area (Å²) in [6.45, 7) is 5.66. The maximum Gasteiger partial charge on any atom is 0.251 e. The molecular formula is C21H25FN4O4S. The summed E-state index contributed by atoms with van der Waals surface area (Å²) < 4.78 is 28.3. The van der Waals surface area contributed by atoms with Crippen molar-refractivity contribution in [2.75, 3.05) is 5.32 Å². The molecular weight excluding hydrogens is 423 g/mol. The smallest absolute Gasteiger partial charge is 0.251 e. The van der Waals surface area contributed by atoms with Gasteiger partial charge >= 0.3 is 0 Å². The lowest BCUT2D eigenvalue weighted by Gasteiger charge is -2.20. The predicted molar refractivity (Wildman–Crippen MR) is 116 cm³/mol. The van der Waals surface area contributed by atoms with Crippen molar-refractivity contribution in [2.24, 2.45) is 5.73 Å². The van der Waals surface area contributed by atoms with Gasteiger partial charge in [0.05, 0.1) is 11.3 Å². The van der Waals surface area contributed by atoms with Gasteiger partial charge in [0, 0.05) is 16.8 Å². The van der Waals surface area contributed by atoms with Crippen molar-refractivity contribution in [3.8, 4) is 0 Å². The number of anilines is 1. The Kier molecular flexibility index (Phi) is 8.01. The molecule has 5 N–H and O–H groups in total. The second-order valence-corrected chi connectivity index (χ2v) is 9.05. The molecule has 166 valence electrons. The molecule has 3 amide bonds. The number of nitrogens with one attached hydrogen (secondary N) is 3. The molecule has 0 spiro atoms. The highest BCUT2D eigenvalue weighted by Gasteiger charge is 2.24. The van der Waals surface area contributed by atoms with Crippen molar-refractivity contribution >= 4 is 34.4 Å². The molecule has 0 aliphatic heterocycles. The summed E-state index contributed by atoms with van der Waals surface area (Å²) in [4.78, 5) is 36.8. The van der Waals surface area contributed by atoms with Crippen molar-refractivity contribution in [2.45, 2.75) is 43.7 Å². The topological polar surface area (TPSA) is 130 Å². The molecule has 0 bridgehead atoms. The molecule has 0 aliphatic carbocycles. The van der Waals surface area contributed by atoms with E-state index >= 15 is 0 Å². The normalized spacial score (nSPS) is 13.2. The van der Waals surface area contributed by atoms with Gasteiger partial charge in [-0.2, -0.15) is 0 Å². The molecule has 8 nitrogen and oxygen atoms in total. The van der Waals surface area contributed by atoms with E-state index in [1.807, 2.05) is 20.8 Å². The molecule has 10 heteroatoms. The Labute approximate surface area is 182 Å². The van der Waals surface area contributed by atoms with Gasteiger partial charge < -0.3 is 16.4 Å². The number of hydrogen-bond acceptors (Lipinski definition) is 4. The van der Waals surface area contributed by atoms with E-state index in [-0.39, 0.29) is 11.1 Å². The minimum atomic E-state index is -1.43. The molecule has 0 radical (unpaired) electrons. The maximum absolute atomic E-state index is 13.0. The average molecular weight is 449 g/mol. The minimum absolute atomic E-state index is 0.127. The minimum Gasteiger partial charge on any atom is -0.370 e. The van der Waals surface area contributed by atoms with Gasteiger partial charge in [-0.05, 0) is 69.3 Å². The summed E-state index contributed by atoms with van der Waals surface area (Å²) >= 11 is 0. The van der Waals surface area contributed by atoms with Crippen LogP contribution in [0.2, 0.25) is 0 Å². The van der Waals surface area contributed by atoms with E-state index in [1.54, 1.807) is 24.3 Å². The monoisotopic (exact) mass is 448 g/mol. The number of hydrogen-bond donors (Lipinski definition) is 4. The van der Waals surface area contributed by atoms with E-state index in [1.165, 1.54) is 12.1 Å². The number of benzene rings is 2. The first-order chi connectivity index (χ1) is 14.4. The fraction of sp³-hybridized carbons (Fsp3) is 0.286. The number of nitrogens with two attached hydrogens (primary N) is 1. The number of amides is 3. The lowest BCUT2D eigenvalue weighted by molar-refractivity contribution is -0.123. The molecule has 0 saturated heterocycles. The fourth-order valence-electron chi connectivity index (χ4n) is 2.48. The van der Waals surface area contributed by atoms with E-state index < -0.39 is 47.0 Å². The molecule has 0 saturated carbocycles. The number of primary amides is 1. The summed E-state index contributed by atoms with van der Waals surface area (Å²) in [5, 5.41) is 5.01. The van der Waals surface area contributed by atoms with Gasteiger partial charge in [-0.1, -0.05) is 0 Å². The van der Waals surface area contributed by atoms with Gasteiger partial charge in [0.1, 0.15) is 22.8 Å². The molecule has 0 aromatic heterocycles. The zero-order valence-electron chi connectivity index (χ0n) is 17.4. The van der Waals surface area contributed by atoms with Gasteiger partial charge in [0.15, 0.2) is 0 Å². The molecule has 0 fully saturated rings. The maximum atomic E-state index is 13.0. The van der Waals surface area contributed by atoms with Crippen LogP contribution in [0.5, 0.6) is 0 Å². The highest BCUT2D eigenvalue weighted by Crippen LogP contribution is 2.14. The fourth-order valence-corrected chi connectivity index (χ4v) is 3.54. The zero-order valence-corrected chi connectivity index (χ0v) is 18.2. The molecule has 2 atom stereocenters. The average Bonchev–Trinajstić information content (AvgIpc) is 2.66. The second kappa shape index (κ2) is 10.3. The second-order valence-electron chi connectivity index (χ2n) is 7.84. The predicted octanol–water partition coefficient (Wildman–Crippen LogP) is 1.85. The van der Waals surface area contributed by atoms with Crippen molar-refractivity contribution in [3.63, 3.8) is 0 Å². The standard InChI is InChI=1S/C21H25FN4O4S/c1-21(2,3)26-31(30)16-10-8-15(9-11-16)24-20(29)17(12-18(23)27)25-19(28)13-4-6-14(22)7-5-13/h4-11,17,26H,12H2,1-3H3,(H2,23,27)(H,24,29)(H,25,28). The SMILES string of the molecule is CC(C)(C)NS(=O)c1ccc(NC(=O)C(CC(N)=O)NC(=O)c2ccc(F)cc2)cc1. The summed E-state index contributed by atoms with van der Waals surface area (Å²) in [5.74, 6) is -2.60. The molecule has 2 unspecified atom stereocenters. The number of carbonyl (C=O) groups excluding carboxylic acids is 3. The van der Waals surface area contributed by atoms with Crippen LogP contribution in [0.25, 0.3) is 0 Å². The zero-order chi connectivity index (χ0) is 23.2. The third-order valence-corrected chi connectivity index (χ3v) is 5.37. The van der Waals surface area contributed by atoms with Gasteiger partial charge in [0.25, 0.3) is 5.91 Å². The largest absolute Gasteiger partial charge is 0.370 e. The van der Waals surface area contributed by atoms with Gasteiger partial charge in [-0.25, -0.2) is 13.3 Å². The van der Waals surface area contributed by atoms with E-state index in [0.717, 1.165) is 12.1 Å². The highest BCUT2D eigenvalue weighted by molar-refractivity contribution is 7.83. The van der Waals surface area contributed by atoms with Crippen LogP contribution in [0, 0.1) is 5.82 Å². The lowest BCUT2D eigenvalue weighted by Crippen LogP contribution is -2.46. The summed E-state index contributed by atoms with van der Waals surface area (Å²) in [5.41, 5.74) is 5.37. The summed E-state index contributed by atoms with van der Waals surface area (Å²) in [6.07, 6.45) is -0.420. The Hall–Kier alpha value is -3.11. The number of rotatable bonds is 8. The van der Waals surface area contributed by atoms with Crippen molar-refractivity contribution in [3.05, 3.63) is 59.9 Å². The molecule has 2 rings (SSSR count). The Morgan fingerprint density at radius 1 is 1.03 bits per heavy atom. The number of halogens is 1. The Bertz CT molecular complexity index is 972. The van der Waals surface area contributed by atoms with Crippen LogP contribution < -0.4 is 21.1 Å². The number of carbonyl (C=O) groups is 3. The molecule has 31 heavy (non-hydrogen) atoms. The first-order valence-corrected chi connectivity index (χ1v) is 10.5. The summed E-state index contributed by atoms with van der Waals surface area (Å²) in [7, 11) is -1.43. The third-order valence-electron chi connectivity index (χ3n) is 3.87. The van der Waals surface area contributed by atoms with Crippen LogP contribution in [0.3, 0.4) is 0 Å². The molecule has 0 aliphatic rings. The van der Waals surface area contributed by atoms with Crippen LogP contribution in [-0.4, -0.2) is 33.5 Å². The Morgan fingerprint density at radius 2 is 1.61 bits per heavy atom. The first kappa shape index (κ1) is 24.2. The van der Waals surface area contributed by atoms with E-state index in [4.69, 9.17) is 5.73 Å². The first-order valence-electron chi connectivity index (χ1n) is 9.40. The van der Waals surface area contributed by atoms with E-state index in [0.29, 0.717) is 10.6 Å². The van der Waals surface area contributed by atoms with Crippen LogP contribution in [0.15, 0.2) is 53.4 Å². The Balaban J connectivity index is 2.08. The quantitative estimate of drug-likeness (QED) is 0.491. The van der Waals surface area contributed by atoms with Crippen LogP contribution >= 0.6 is 0 Å². The molecule has 0 heterocycles. The van der Waals surface area contributed by atoms with Gasteiger partial charge in [-0.3, -0.25) is 14.4 Å². The van der Waals surface area contributed by atoms with Crippen molar-refractivity contribution in [1.29, 1.82) is 0 Å². The lowest BCUT2D eigenvalue weighted by atomic mass is 10.1. The van der Waals surface area contributed by atoms with Crippen LogP contribution in [0.4, 0.5) is 10.1 Å². The van der Waals surface area contributed by atoms with E-state index in [9.17, 15) is 23.0 Å². The van der Waals surface area contributed by atoms with Crippen LogP contribution in [0.1, 0.15) is 37.6 Å². The van der Waals surface area contributed by atoms with Gasteiger partial charge in [0.2, 0.25) is 11.8 Å². The third kappa shape index (κ3) is 7.91. The van der Waals surface area contributed by atoms with Crippen LogP contribution in [-0.2, 0) is 20.6 Å². The molecule has 2 aromatic rings. The van der Waals surface area contributed by atoms with Gasteiger partial charge in [-0.15, -0.1) is 0 Å². The van der Waals surface area contributed by atoms with Crippen molar-refractivity contribution in [1.82, 2.24) is 10.0 Å².